The second-order valence-corrected chi connectivity index (χ2v) is 5.12. The van der Waals surface area contributed by atoms with E-state index in [1.807, 2.05) is 0 Å². The number of nitrogens with zero attached hydrogens (tertiary/aromatic N) is 1. The van der Waals surface area contributed by atoms with E-state index < -0.39 is 17.8 Å². The molecule has 0 aliphatic carbocycles. The molecule has 0 saturated carbocycles. The van der Waals surface area contributed by atoms with E-state index >= 15 is 0 Å². The molecule has 0 saturated heterocycles. The molecule has 0 radical (unpaired) electrons. The molecule has 1 amide bonds. The van der Waals surface area contributed by atoms with Gasteiger partial charge in [-0.05, 0) is 31.2 Å². The van der Waals surface area contributed by atoms with Gasteiger partial charge in [-0.3, -0.25) is 4.79 Å². The first-order valence-electron chi connectivity index (χ1n) is 6.60. The number of amides is 1. The molecule has 1 aromatic heterocycles. The van der Waals surface area contributed by atoms with Gasteiger partial charge in [0.2, 0.25) is 0 Å². The van der Waals surface area contributed by atoms with Crippen LogP contribution in [0.4, 0.5) is 15.9 Å². The van der Waals surface area contributed by atoms with Crippen molar-refractivity contribution in [3.63, 3.8) is 0 Å². The summed E-state index contributed by atoms with van der Waals surface area (Å²) < 4.78 is 13.6. The predicted molar refractivity (Wildman–Crippen MR) is 83.8 cm³/mol. The minimum atomic E-state index is -0.687. The summed E-state index contributed by atoms with van der Waals surface area (Å²) in [5, 5.41) is 14.7. The summed E-state index contributed by atoms with van der Waals surface area (Å²) in [6, 6.07) is 7.30. The van der Waals surface area contributed by atoms with E-state index in [2.05, 4.69) is 15.6 Å². The molecule has 2 aromatic rings. The number of carbonyl (C=O) groups is 1. The first-order chi connectivity index (χ1) is 10.5. The summed E-state index contributed by atoms with van der Waals surface area (Å²) in [4.78, 5) is 16.1. The van der Waals surface area contributed by atoms with Gasteiger partial charge in [0.1, 0.15) is 11.6 Å². The van der Waals surface area contributed by atoms with Crippen molar-refractivity contribution in [3.05, 3.63) is 52.9 Å². The Morgan fingerprint density at radius 3 is 2.77 bits per heavy atom. The first kappa shape index (κ1) is 16.2. The van der Waals surface area contributed by atoms with E-state index in [9.17, 15) is 9.18 Å². The largest absolute Gasteiger partial charge is 0.392 e. The molecule has 3 N–H and O–H groups in total. The van der Waals surface area contributed by atoms with E-state index in [1.165, 1.54) is 24.4 Å². The van der Waals surface area contributed by atoms with Gasteiger partial charge in [-0.1, -0.05) is 17.7 Å². The molecule has 1 aromatic carbocycles. The summed E-state index contributed by atoms with van der Waals surface area (Å²) in [5.74, 6) is -0.773. The van der Waals surface area contributed by atoms with Gasteiger partial charge in [0, 0.05) is 6.54 Å². The summed E-state index contributed by atoms with van der Waals surface area (Å²) in [7, 11) is 0. The third kappa shape index (κ3) is 4.16. The van der Waals surface area contributed by atoms with Crippen molar-refractivity contribution in [2.24, 2.45) is 0 Å². The molecule has 0 spiro atoms. The van der Waals surface area contributed by atoms with Crippen LogP contribution in [-0.4, -0.2) is 28.6 Å². The minimum Gasteiger partial charge on any atom is -0.392 e. The van der Waals surface area contributed by atoms with Crippen LogP contribution in [0, 0.1) is 5.82 Å². The summed E-state index contributed by atoms with van der Waals surface area (Å²) in [5.41, 5.74) is 0.201. The Hall–Kier alpha value is -2.18. The number of rotatable bonds is 5. The highest BCUT2D eigenvalue weighted by Crippen LogP contribution is 2.20. The number of anilines is 2. The Balaban J connectivity index is 2.06. The Kier molecular flexibility index (Phi) is 5.30. The Labute approximate surface area is 132 Å². The fourth-order valence-electron chi connectivity index (χ4n) is 1.73. The Morgan fingerprint density at radius 2 is 2.18 bits per heavy atom. The number of aromatic nitrogens is 1. The molecule has 7 heteroatoms. The van der Waals surface area contributed by atoms with Gasteiger partial charge in [-0.25, -0.2) is 9.37 Å². The third-order valence-corrected chi connectivity index (χ3v) is 3.10. The molecule has 1 heterocycles. The van der Waals surface area contributed by atoms with Crippen LogP contribution in [0.15, 0.2) is 36.5 Å². The summed E-state index contributed by atoms with van der Waals surface area (Å²) in [6.45, 7) is 2.02. The monoisotopic (exact) mass is 323 g/mol. The van der Waals surface area contributed by atoms with E-state index in [0.29, 0.717) is 18.1 Å². The van der Waals surface area contributed by atoms with Crippen molar-refractivity contribution < 1.29 is 14.3 Å². The molecule has 22 heavy (non-hydrogen) atoms. The van der Waals surface area contributed by atoms with Crippen LogP contribution in [0.2, 0.25) is 5.02 Å². The number of hydrogen-bond acceptors (Lipinski definition) is 4. The van der Waals surface area contributed by atoms with Gasteiger partial charge in [-0.2, -0.15) is 0 Å². The maximum absolute atomic E-state index is 13.6. The predicted octanol–water partition coefficient (Wildman–Crippen LogP) is 2.92. The van der Waals surface area contributed by atoms with Crippen LogP contribution in [0.5, 0.6) is 0 Å². The number of aliphatic hydroxyl groups is 1. The van der Waals surface area contributed by atoms with Gasteiger partial charge in [-0.15, -0.1) is 0 Å². The molecule has 2 rings (SSSR count). The fourth-order valence-corrected chi connectivity index (χ4v) is 1.98. The van der Waals surface area contributed by atoms with E-state index in [4.69, 9.17) is 16.7 Å². The molecular formula is C15H15ClFN3O2. The van der Waals surface area contributed by atoms with Crippen molar-refractivity contribution in [2.75, 3.05) is 17.2 Å². The normalized spacial score (nSPS) is 11.8. The molecule has 0 aliphatic heterocycles. The zero-order valence-corrected chi connectivity index (χ0v) is 12.6. The molecule has 1 atom stereocenters. The summed E-state index contributed by atoms with van der Waals surface area (Å²) >= 11 is 5.84. The maximum atomic E-state index is 13.6. The zero-order chi connectivity index (χ0) is 16.1. The van der Waals surface area contributed by atoms with Gasteiger partial charge >= 0.3 is 0 Å². The average Bonchev–Trinajstić information content (AvgIpc) is 2.46. The number of benzene rings is 1. The zero-order valence-electron chi connectivity index (χ0n) is 11.8. The van der Waals surface area contributed by atoms with Gasteiger partial charge in [0.05, 0.1) is 28.6 Å². The van der Waals surface area contributed by atoms with Crippen molar-refractivity contribution in [1.29, 1.82) is 0 Å². The minimum absolute atomic E-state index is 0.0423. The van der Waals surface area contributed by atoms with Gasteiger partial charge < -0.3 is 15.7 Å². The van der Waals surface area contributed by atoms with Crippen LogP contribution < -0.4 is 10.6 Å². The molecule has 116 valence electrons. The molecule has 0 aliphatic rings. The average molecular weight is 324 g/mol. The highest BCUT2D eigenvalue weighted by Gasteiger charge is 2.15. The third-order valence-electron chi connectivity index (χ3n) is 2.79. The number of carbonyl (C=O) groups excluding carboxylic acids is 1. The number of nitrogens with one attached hydrogen (secondary N) is 2. The number of pyridine rings is 1. The highest BCUT2D eigenvalue weighted by atomic mass is 35.5. The Bertz CT molecular complexity index is 642. The maximum Gasteiger partial charge on any atom is 0.260 e. The van der Waals surface area contributed by atoms with Crippen LogP contribution in [0.25, 0.3) is 0 Å². The van der Waals surface area contributed by atoms with Crippen molar-refractivity contribution >= 4 is 29.0 Å². The lowest BCUT2D eigenvalue weighted by molar-refractivity contribution is 0.102. The van der Waals surface area contributed by atoms with Crippen LogP contribution in [0.3, 0.4) is 0 Å². The molecule has 5 nitrogen and oxygen atoms in total. The van der Waals surface area contributed by atoms with Gasteiger partial charge in [0.25, 0.3) is 5.91 Å². The topological polar surface area (TPSA) is 74.2 Å². The van der Waals surface area contributed by atoms with Crippen molar-refractivity contribution in [3.8, 4) is 0 Å². The van der Waals surface area contributed by atoms with E-state index in [0.717, 1.165) is 0 Å². The van der Waals surface area contributed by atoms with E-state index in [-0.39, 0.29) is 10.6 Å². The molecule has 0 bridgehead atoms. The highest BCUT2D eigenvalue weighted by molar-refractivity contribution is 6.34. The van der Waals surface area contributed by atoms with Crippen molar-refractivity contribution in [2.45, 2.75) is 13.0 Å². The lowest BCUT2D eigenvalue weighted by Crippen LogP contribution is -2.16. The number of hydrogen-bond donors (Lipinski definition) is 3. The first-order valence-corrected chi connectivity index (χ1v) is 6.98. The number of aliphatic hydroxyl groups excluding tert-OH is 1. The SMILES string of the molecule is CC(O)CNc1ccc(NC(=O)c2c(F)cccc2Cl)cn1. The molecule has 1 unspecified atom stereocenters. The van der Waals surface area contributed by atoms with Gasteiger partial charge in [0.15, 0.2) is 0 Å². The van der Waals surface area contributed by atoms with E-state index in [1.54, 1.807) is 19.1 Å². The second kappa shape index (κ2) is 7.20. The lowest BCUT2D eigenvalue weighted by atomic mass is 10.2. The van der Waals surface area contributed by atoms with Crippen molar-refractivity contribution in [1.82, 2.24) is 4.98 Å². The second-order valence-electron chi connectivity index (χ2n) is 4.71. The van der Waals surface area contributed by atoms with Crippen LogP contribution >= 0.6 is 11.6 Å². The molecular weight excluding hydrogens is 309 g/mol. The standard InChI is InChI=1S/C15H15ClFN3O2/c1-9(21)7-18-13-6-5-10(8-19-13)20-15(22)14-11(16)3-2-4-12(14)17/h2-6,8-9,21H,7H2,1H3,(H,18,19)(H,20,22). The quantitative estimate of drug-likeness (QED) is 0.791. The number of halogens is 2. The lowest BCUT2D eigenvalue weighted by Gasteiger charge is -2.10. The molecule has 0 fully saturated rings. The summed E-state index contributed by atoms with van der Waals surface area (Å²) in [6.07, 6.45) is 0.932. The van der Waals surface area contributed by atoms with Crippen LogP contribution in [-0.2, 0) is 0 Å². The fraction of sp³-hybridized carbons (Fsp3) is 0.200. The Morgan fingerprint density at radius 1 is 1.41 bits per heavy atom. The smallest absolute Gasteiger partial charge is 0.260 e. The van der Waals surface area contributed by atoms with Crippen LogP contribution in [0.1, 0.15) is 17.3 Å².